The molecule has 0 saturated carbocycles. The van der Waals surface area contributed by atoms with Crippen LogP contribution in [-0.2, 0) is 24.4 Å². The van der Waals surface area contributed by atoms with E-state index in [1.807, 2.05) is 6.92 Å². The van der Waals surface area contributed by atoms with Gasteiger partial charge in [0.2, 0.25) is 17.2 Å². The van der Waals surface area contributed by atoms with Gasteiger partial charge in [-0.15, -0.1) is 0 Å². The summed E-state index contributed by atoms with van der Waals surface area (Å²) in [6.07, 6.45) is 0. The van der Waals surface area contributed by atoms with Gasteiger partial charge in [-0.2, -0.15) is 23.4 Å². The largest absolute Gasteiger partial charge is 0.397 e. The number of hydrogen-bond donors (Lipinski definition) is 3. The van der Waals surface area contributed by atoms with Gasteiger partial charge in [0.1, 0.15) is 0 Å². The van der Waals surface area contributed by atoms with Crippen LogP contribution in [0.1, 0.15) is 6.92 Å². The van der Waals surface area contributed by atoms with Gasteiger partial charge in [0, 0.05) is 12.2 Å². The molecular formula is C13H16ClN5O6S2. The second-order valence-electron chi connectivity index (χ2n) is 5.00. The maximum atomic E-state index is 12.1. The van der Waals surface area contributed by atoms with Gasteiger partial charge in [-0.05, 0) is 42.8 Å². The Hall–Kier alpha value is -2.06. The number of aromatic nitrogens is 3. The third kappa shape index (κ3) is 6.88. The highest BCUT2D eigenvalue weighted by Gasteiger charge is 2.16. The molecule has 0 amide bonds. The summed E-state index contributed by atoms with van der Waals surface area (Å²) in [6.45, 7) is 1.76. The molecule has 0 spiro atoms. The molecule has 1 aromatic carbocycles. The topological polar surface area (TPSA) is 160 Å². The smallest absolute Gasteiger partial charge is 0.354 e. The highest BCUT2D eigenvalue weighted by Crippen LogP contribution is 2.19. The second-order valence-corrected chi connectivity index (χ2v) is 8.54. The summed E-state index contributed by atoms with van der Waals surface area (Å²) in [6, 6.07) is 5.58. The molecule has 0 saturated heterocycles. The molecule has 2 rings (SSSR count). The second kappa shape index (κ2) is 8.75. The van der Waals surface area contributed by atoms with Crippen LogP contribution in [0.2, 0.25) is 5.28 Å². The predicted octanol–water partition coefficient (Wildman–Crippen LogP) is 1.29. The molecule has 0 radical (unpaired) electrons. The summed E-state index contributed by atoms with van der Waals surface area (Å²) in [4.78, 5) is 11.9. The summed E-state index contributed by atoms with van der Waals surface area (Å²) in [5.74, 6) is -0.157. The van der Waals surface area contributed by atoms with Gasteiger partial charge in [0.05, 0.1) is 17.3 Å². The summed E-state index contributed by atoms with van der Waals surface area (Å²) in [7, 11) is -8.48. The van der Waals surface area contributed by atoms with E-state index in [1.165, 1.54) is 24.3 Å². The van der Waals surface area contributed by atoms with E-state index in [9.17, 15) is 16.8 Å². The summed E-state index contributed by atoms with van der Waals surface area (Å²) in [5, 5.41) is 5.75. The molecule has 1 heterocycles. The van der Waals surface area contributed by atoms with Gasteiger partial charge >= 0.3 is 10.4 Å². The van der Waals surface area contributed by atoms with Crippen molar-refractivity contribution in [1.29, 1.82) is 0 Å². The van der Waals surface area contributed by atoms with Gasteiger partial charge in [-0.3, -0.25) is 4.55 Å². The van der Waals surface area contributed by atoms with Crippen LogP contribution in [0.4, 0.5) is 17.6 Å². The number of sulfone groups is 1. The normalized spacial score (nSPS) is 12.0. The molecule has 3 N–H and O–H groups in total. The highest BCUT2D eigenvalue weighted by molar-refractivity contribution is 7.91. The van der Waals surface area contributed by atoms with Crippen LogP contribution in [0, 0.1) is 0 Å². The molecule has 0 atom stereocenters. The Labute approximate surface area is 161 Å². The van der Waals surface area contributed by atoms with E-state index in [-0.39, 0.29) is 22.1 Å². The zero-order valence-electron chi connectivity index (χ0n) is 14.0. The summed E-state index contributed by atoms with van der Waals surface area (Å²) in [5.41, 5.74) is 0.493. The molecule has 0 bridgehead atoms. The van der Waals surface area contributed by atoms with Crippen LogP contribution >= 0.6 is 11.6 Å². The van der Waals surface area contributed by atoms with E-state index in [0.29, 0.717) is 12.2 Å². The number of hydrogen-bond acceptors (Lipinski definition) is 10. The number of nitrogens with zero attached hydrogens (tertiary/aromatic N) is 3. The lowest BCUT2D eigenvalue weighted by atomic mass is 10.3. The minimum Gasteiger partial charge on any atom is -0.354 e. The lowest BCUT2D eigenvalue weighted by molar-refractivity contribution is 0.284. The minimum atomic E-state index is -4.69. The Morgan fingerprint density at radius 2 is 1.70 bits per heavy atom. The number of halogens is 1. The summed E-state index contributed by atoms with van der Waals surface area (Å²) < 4.78 is 57.6. The zero-order valence-corrected chi connectivity index (χ0v) is 16.3. The maximum Gasteiger partial charge on any atom is 0.397 e. The van der Waals surface area contributed by atoms with Crippen LogP contribution in [0.3, 0.4) is 0 Å². The van der Waals surface area contributed by atoms with Gasteiger partial charge in [-0.25, -0.2) is 12.6 Å². The van der Waals surface area contributed by atoms with Crippen molar-refractivity contribution in [1.82, 2.24) is 15.0 Å². The molecule has 0 aliphatic rings. The van der Waals surface area contributed by atoms with E-state index in [4.69, 9.17) is 16.2 Å². The monoisotopic (exact) mass is 437 g/mol. The number of benzene rings is 1. The van der Waals surface area contributed by atoms with Gasteiger partial charge in [0.25, 0.3) is 0 Å². The third-order valence-corrected chi connectivity index (χ3v) is 5.32. The first-order valence-electron chi connectivity index (χ1n) is 7.46. The number of rotatable bonds is 9. The Kier molecular flexibility index (Phi) is 6.89. The molecule has 11 nitrogen and oxygen atoms in total. The average Bonchev–Trinajstić information content (AvgIpc) is 2.53. The minimum absolute atomic E-state index is 0.0125. The van der Waals surface area contributed by atoms with Crippen LogP contribution in [0.5, 0.6) is 0 Å². The Balaban J connectivity index is 2.08. The summed E-state index contributed by atoms with van der Waals surface area (Å²) >= 11 is 5.82. The Morgan fingerprint density at radius 3 is 2.30 bits per heavy atom. The fourth-order valence-corrected chi connectivity index (χ4v) is 3.53. The van der Waals surface area contributed by atoms with E-state index in [0.717, 1.165) is 0 Å². The molecular weight excluding hydrogens is 422 g/mol. The van der Waals surface area contributed by atoms with E-state index < -0.39 is 32.6 Å². The molecule has 0 fully saturated rings. The van der Waals surface area contributed by atoms with Gasteiger partial charge in [0.15, 0.2) is 9.84 Å². The third-order valence-electron chi connectivity index (χ3n) is 3.00. The molecule has 1 aromatic heterocycles. The van der Waals surface area contributed by atoms with Crippen LogP contribution in [0.25, 0.3) is 0 Å². The van der Waals surface area contributed by atoms with Crippen LogP contribution in [0.15, 0.2) is 29.2 Å². The Morgan fingerprint density at radius 1 is 1.07 bits per heavy atom. The van der Waals surface area contributed by atoms with Crippen molar-refractivity contribution < 1.29 is 25.6 Å². The van der Waals surface area contributed by atoms with Gasteiger partial charge in [-0.1, -0.05) is 0 Å². The van der Waals surface area contributed by atoms with Crippen LogP contribution in [-0.4, -0.2) is 55.2 Å². The van der Waals surface area contributed by atoms with E-state index in [2.05, 4.69) is 29.8 Å². The molecule has 0 unspecified atom stereocenters. The quantitative estimate of drug-likeness (QED) is 0.484. The predicted molar refractivity (Wildman–Crippen MR) is 98.3 cm³/mol. The highest BCUT2D eigenvalue weighted by atomic mass is 35.5. The fourth-order valence-electron chi connectivity index (χ4n) is 1.88. The standard InChI is InChI=1S/C13H16ClN5O6S2/c1-2-15-12-17-11(14)18-13(19-12)16-9-3-5-10(6-4-9)26(20,21)8-7-25-27(22,23)24/h3-6H,2,7-8H2,1H3,(H,22,23,24)(H2,15,16,17,18,19). The molecule has 0 aliphatic carbocycles. The van der Waals surface area contributed by atoms with E-state index >= 15 is 0 Å². The molecule has 2 aromatic rings. The van der Waals surface area contributed by atoms with Crippen molar-refractivity contribution >= 4 is 49.4 Å². The average molecular weight is 438 g/mol. The van der Waals surface area contributed by atoms with Crippen molar-refractivity contribution in [2.45, 2.75) is 11.8 Å². The lowest BCUT2D eigenvalue weighted by Crippen LogP contribution is -2.15. The molecule has 148 valence electrons. The molecule has 0 aliphatic heterocycles. The van der Waals surface area contributed by atoms with Gasteiger partial charge < -0.3 is 10.6 Å². The Bertz CT molecular complexity index is 998. The fraction of sp³-hybridized carbons (Fsp3) is 0.308. The zero-order chi connectivity index (χ0) is 20.1. The molecule has 14 heteroatoms. The molecule has 27 heavy (non-hydrogen) atoms. The van der Waals surface area contributed by atoms with Crippen molar-refractivity contribution in [2.24, 2.45) is 0 Å². The maximum absolute atomic E-state index is 12.1. The first kappa shape index (κ1) is 21.2. The van der Waals surface area contributed by atoms with E-state index in [1.54, 1.807) is 0 Å². The number of nitrogens with one attached hydrogen (secondary N) is 2. The SMILES string of the molecule is CCNc1nc(Cl)nc(Nc2ccc(S(=O)(=O)CCOS(=O)(=O)O)cc2)n1. The van der Waals surface area contributed by atoms with Crippen molar-refractivity contribution in [3.8, 4) is 0 Å². The van der Waals surface area contributed by atoms with Crippen molar-refractivity contribution in [3.63, 3.8) is 0 Å². The first-order chi connectivity index (χ1) is 12.6. The lowest BCUT2D eigenvalue weighted by Gasteiger charge is -2.08. The first-order valence-corrected chi connectivity index (χ1v) is 10.9. The van der Waals surface area contributed by atoms with Crippen LogP contribution < -0.4 is 10.6 Å². The van der Waals surface area contributed by atoms with Crippen molar-refractivity contribution in [2.75, 3.05) is 29.5 Å². The van der Waals surface area contributed by atoms with Crippen molar-refractivity contribution in [3.05, 3.63) is 29.5 Å². The number of anilines is 3.